The number of guanidine groups is 1. The molecule has 0 saturated carbocycles. The molecule has 3 N–H and O–H groups in total. The van der Waals surface area contributed by atoms with E-state index in [2.05, 4.69) is 20.9 Å². The average Bonchev–Trinajstić information content (AvgIpc) is 2.57. The minimum absolute atomic E-state index is 0.0783. The van der Waals surface area contributed by atoms with Crippen LogP contribution in [0.5, 0.6) is 11.5 Å². The number of carbonyl (C=O) groups excluding carboxylic acids is 1. The largest absolute Gasteiger partial charge is 0.497 e. The number of likely N-dealkylation sites (N-methyl/N-ethyl adjacent to an activating group) is 1. The maximum Gasteiger partial charge on any atom is 0.241 e. The van der Waals surface area contributed by atoms with E-state index >= 15 is 0 Å². The number of carbonyl (C=O) groups is 1. The molecule has 0 radical (unpaired) electrons. The third kappa shape index (κ3) is 7.71. The van der Waals surface area contributed by atoms with E-state index in [4.69, 9.17) is 9.47 Å². The second kappa shape index (κ2) is 11.2. The minimum Gasteiger partial charge on any atom is -0.497 e. The average molecular weight is 336 g/mol. The lowest BCUT2D eigenvalue weighted by molar-refractivity contribution is -0.119. The van der Waals surface area contributed by atoms with Crippen molar-refractivity contribution in [2.45, 2.75) is 26.9 Å². The summed E-state index contributed by atoms with van der Waals surface area (Å²) in [6.07, 6.45) is -0.0783. The number of hydrogen-bond donors (Lipinski definition) is 3. The number of benzene rings is 1. The van der Waals surface area contributed by atoms with E-state index in [1.54, 1.807) is 7.11 Å². The molecule has 0 saturated heterocycles. The first kappa shape index (κ1) is 19.6. The zero-order valence-corrected chi connectivity index (χ0v) is 14.9. The van der Waals surface area contributed by atoms with Crippen molar-refractivity contribution in [2.75, 3.05) is 33.3 Å². The van der Waals surface area contributed by atoms with Crippen LogP contribution >= 0.6 is 0 Å². The molecule has 1 rings (SSSR count). The summed E-state index contributed by atoms with van der Waals surface area (Å²) in [5.74, 6) is 1.98. The van der Waals surface area contributed by atoms with Gasteiger partial charge in [0.25, 0.3) is 0 Å². The van der Waals surface area contributed by atoms with E-state index in [9.17, 15) is 4.79 Å². The van der Waals surface area contributed by atoms with Crippen LogP contribution in [0.15, 0.2) is 29.3 Å². The Bertz CT molecular complexity index is 534. The van der Waals surface area contributed by atoms with Crippen molar-refractivity contribution in [3.63, 3.8) is 0 Å². The topological polar surface area (TPSA) is 84.0 Å². The molecule has 24 heavy (non-hydrogen) atoms. The van der Waals surface area contributed by atoms with Gasteiger partial charge in [-0.2, -0.15) is 0 Å². The zero-order chi connectivity index (χ0) is 17.8. The lowest BCUT2D eigenvalue weighted by Gasteiger charge is -2.18. The first-order valence-corrected chi connectivity index (χ1v) is 8.18. The molecular formula is C17H28N4O3. The first-order chi connectivity index (χ1) is 11.6. The van der Waals surface area contributed by atoms with Crippen LogP contribution in [0.3, 0.4) is 0 Å². The molecule has 1 aromatic rings. The van der Waals surface area contributed by atoms with E-state index in [1.165, 1.54) is 0 Å². The lowest BCUT2D eigenvalue weighted by Crippen LogP contribution is -2.42. The normalized spacial score (nSPS) is 12.2. The highest BCUT2D eigenvalue weighted by Crippen LogP contribution is 2.19. The van der Waals surface area contributed by atoms with Crippen LogP contribution in [0.25, 0.3) is 0 Å². The van der Waals surface area contributed by atoms with Gasteiger partial charge < -0.3 is 25.4 Å². The summed E-state index contributed by atoms with van der Waals surface area (Å²) in [4.78, 5) is 15.7. The summed E-state index contributed by atoms with van der Waals surface area (Å²) in [6, 6.07) is 7.47. The molecule has 0 aliphatic rings. The maximum absolute atomic E-state index is 11.5. The number of amides is 1. The zero-order valence-electron chi connectivity index (χ0n) is 14.9. The van der Waals surface area contributed by atoms with Gasteiger partial charge in [0.15, 0.2) is 5.96 Å². The molecule has 0 aliphatic heterocycles. The third-order valence-corrected chi connectivity index (χ3v) is 3.03. The van der Waals surface area contributed by atoms with Gasteiger partial charge in [0.2, 0.25) is 5.91 Å². The fourth-order valence-electron chi connectivity index (χ4n) is 1.93. The molecule has 7 heteroatoms. The van der Waals surface area contributed by atoms with Gasteiger partial charge in [-0.15, -0.1) is 0 Å². The number of hydrogen-bond acceptors (Lipinski definition) is 4. The highest BCUT2D eigenvalue weighted by Gasteiger charge is 2.07. The molecule has 0 fully saturated rings. The molecular weight excluding hydrogens is 308 g/mol. The summed E-state index contributed by atoms with van der Waals surface area (Å²) < 4.78 is 11.0. The van der Waals surface area contributed by atoms with Crippen LogP contribution in [-0.4, -0.2) is 51.3 Å². The number of methoxy groups -OCH3 is 1. The van der Waals surface area contributed by atoms with Crippen LogP contribution in [0.4, 0.5) is 0 Å². The van der Waals surface area contributed by atoms with E-state index in [1.807, 2.05) is 45.0 Å². The molecule has 0 heterocycles. The van der Waals surface area contributed by atoms with Crippen molar-refractivity contribution in [3.8, 4) is 11.5 Å². The van der Waals surface area contributed by atoms with Crippen molar-refractivity contribution >= 4 is 11.9 Å². The molecule has 0 aromatic heterocycles. The number of aliphatic imine (C=N–C) groups is 1. The molecule has 7 nitrogen and oxygen atoms in total. The summed E-state index contributed by atoms with van der Waals surface area (Å²) in [7, 11) is 1.62. The van der Waals surface area contributed by atoms with Gasteiger partial charge in [-0.1, -0.05) is 6.07 Å². The van der Waals surface area contributed by atoms with E-state index in [0.717, 1.165) is 11.5 Å². The Morgan fingerprint density at radius 2 is 1.88 bits per heavy atom. The number of nitrogens with zero attached hydrogens (tertiary/aromatic N) is 1. The summed E-state index contributed by atoms with van der Waals surface area (Å²) in [6.45, 7) is 7.77. The predicted molar refractivity (Wildman–Crippen MR) is 95.7 cm³/mol. The van der Waals surface area contributed by atoms with Crippen molar-refractivity contribution in [3.05, 3.63) is 24.3 Å². The Hall–Kier alpha value is -2.44. The number of rotatable bonds is 9. The first-order valence-electron chi connectivity index (χ1n) is 8.18. The SMILES string of the molecule is CCNC(=O)CN=C(NCC)NCC(C)Oc1cccc(OC)c1. The monoisotopic (exact) mass is 336 g/mol. The third-order valence-electron chi connectivity index (χ3n) is 3.03. The highest BCUT2D eigenvalue weighted by molar-refractivity contribution is 5.84. The Morgan fingerprint density at radius 3 is 2.54 bits per heavy atom. The number of ether oxygens (including phenoxy) is 2. The molecule has 134 valence electrons. The van der Waals surface area contributed by atoms with Gasteiger partial charge in [-0.25, -0.2) is 4.99 Å². The Balaban J connectivity index is 2.49. The second-order valence-corrected chi connectivity index (χ2v) is 5.14. The van der Waals surface area contributed by atoms with Crippen LogP contribution in [-0.2, 0) is 4.79 Å². The molecule has 0 spiro atoms. The molecule has 0 aliphatic carbocycles. The molecule has 1 aromatic carbocycles. The van der Waals surface area contributed by atoms with Gasteiger partial charge in [-0.05, 0) is 32.9 Å². The van der Waals surface area contributed by atoms with E-state index in [0.29, 0.717) is 25.6 Å². The fraction of sp³-hybridized carbons (Fsp3) is 0.529. The molecule has 0 bridgehead atoms. The van der Waals surface area contributed by atoms with Gasteiger partial charge in [0.1, 0.15) is 24.1 Å². The minimum atomic E-state index is -0.101. The van der Waals surface area contributed by atoms with Crippen molar-refractivity contribution in [2.24, 2.45) is 4.99 Å². The van der Waals surface area contributed by atoms with Crippen molar-refractivity contribution in [1.82, 2.24) is 16.0 Å². The van der Waals surface area contributed by atoms with Crippen LogP contribution in [0.1, 0.15) is 20.8 Å². The summed E-state index contributed by atoms with van der Waals surface area (Å²) in [5, 5.41) is 8.98. The van der Waals surface area contributed by atoms with Crippen LogP contribution in [0, 0.1) is 0 Å². The number of nitrogens with one attached hydrogen (secondary N) is 3. The lowest BCUT2D eigenvalue weighted by atomic mass is 10.3. The standard InChI is InChI=1S/C17H28N4O3/c1-5-18-16(22)12-21-17(19-6-2)20-11-13(3)24-15-9-7-8-14(10-15)23-4/h7-10,13H,5-6,11-12H2,1-4H3,(H,18,22)(H2,19,20,21). The summed E-state index contributed by atoms with van der Waals surface area (Å²) >= 11 is 0. The van der Waals surface area contributed by atoms with Crippen molar-refractivity contribution < 1.29 is 14.3 Å². The molecule has 1 atom stereocenters. The quantitative estimate of drug-likeness (QED) is 0.465. The predicted octanol–water partition coefficient (Wildman–Crippen LogP) is 1.15. The maximum atomic E-state index is 11.5. The highest BCUT2D eigenvalue weighted by atomic mass is 16.5. The Morgan fingerprint density at radius 1 is 1.17 bits per heavy atom. The van der Waals surface area contributed by atoms with E-state index in [-0.39, 0.29) is 18.6 Å². The smallest absolute Gasteiger partial charge is 0.241 e. The Labute approximate surface area is 143 Å². The van der Waals surface area contributed by atoms with Crippen LogP contribution < -0.4 is 25.4 Å². The van der Waals surface area contributed by atoms with Gasteiger partial charge in [0.05, 0.1) is 13.7 Å². The fourth-order valence-corrected chi connectivity index (χ4v) is 1.93. The second-order valence-electron chi connectivity index (χ2n) is 5.14. The van der Waals surface area contributed by atoms with Crippen molar-refractivity contribution in [1.29, 1.82) is 0 Å². The van der Waals surface area contributed by atoms with Gasteiger partial charge in [0, 0.05) is 19.2 Å². The summed E-state index contributed by atoms with van der Waals surface area (Å²) in [5.41, 5.74) is 0. The van der Waals surface area contributed by atoms with Gasteiger partial charge in [-0.3, -0.25) is 4.79 Å². The molecule has 1 unspecified atom stereocenters. The van der Waals surface area contributed by atoms with Gasteiger partial charge >= 0.3 is 0 Å². The van der Waals surface area contributed by atoms with Crippen LogP contribution in [0.2, 0.25) is 0 Å². The molecule has 1 amide bonds. The van der Waals surface area contributed by atoms with E-state index < -0.39 is 0 Å². The Kier molecular flexibility index (Phi) is 9.11.